The summed E-state index contributed by atoms with van der Waals surface area (Å²) in [6.07, 6.45) is 3.48. The maximum atomic E-state index is 13.0. The van der Waals surface area contributed by atoms with Crippen molar-refractivity contribution in [3.05, 3.63) is 89.5 Å². The molecule has 1 aliphatic rings. The second-order valence-corrected chi connectivity index (χ2v) is 9.22. The normalized spacial score (nSPS) is 14.0. The maximum Gasteiger partial charge on any atom is 0.246 e. The molecule has 1 fully saturated rings. The minimum atomic E-state index is 0.00643. The fourth-order valence-electron chi connectivity index (χ4n) is 4.83. The lowest BCUT2D eigenvalue weighted by Gasteiger charge is -2.39. The first-order chi connectivity index (χ1) is 19.1. The molecule has 0 atom stereocenters. The molecule has 0 N–H and O–H groups in total. The van der Waals surface area contributed by atoms with E-state index >= 15 is 0 Å². The molecule has 1 aliphatic heterocycles. The van der Waals surface area contributed by atoms with Crippen molar-refractivity contribution in [3.8, 4) is 23.0 Å². The highest BCUT2D eigenvalue weighted by Crippen LogP contribution is 2.32. The monoisotopic (exact) mass is 530 g/mol. The molecule has 1 saturated heterocycles. The highest BCUT2D eigenvalue weighted by Gasteiger charge is 2.28. The first-order valence-corrected chi connectivity index (χ1v) is 13.4. The number of amides is 1. The maximum absolute atomic E-state index is 13.0. The predicted molar refractivity (Wildman–Crippen MR) is 154 cm³/mol. The fraction of sp³-hybridized carbons (Fsp3) is 0.344. The Morgan fingerprint density at radius 3 is 1.82 bits per heavy atom. The van der Waals surface area contributed by atoms with Gasteiger partial charge in [-0.2, -0.15) is 0 Å². The third-order valence-corrected chi connectivity index (χ3v) is 6.84. The Morgan fingerprint density at radius 2 is 1.31 bits per heavy atom. The van der Waals surface area contributed by atoms with Crippen LogP contribution in [-0.4, -0.2) is 69.3 Å². The molecule has 4 rings (SSSR count). The lowest BCUT2D eigenvalue weighted by Crippen LogP contribution is -2.49. The van der Waals surface area contributed by atoms with Gasteiger partial charge >= 0.3 is 0 Å². The van der Waals surface area contributed by atoms with E-state index < -0.39 is 0 Å². The van der Waals surface area contributed by atoms with Crippen LogP contribution in [0.1, 0.15) is 36.6 Å². The van der Waals surface area contributed by atoms with Crippen LogP contribution in [0, 0.1) is 0 Å². The number of rotatable bonds is 11. The third-order valence-electron chi connectivity index (χ3n) is 6.84. The van der Waals surface area contributed by atoms with Gasteiger partial charge in [-0.15, -0.1) is 0 Å². The average Bonchev–Trinajstić information content (AvgIpc) is 2.98. The molecule has 7 heteroatoms. The molecular weight excluding hydrogens is 492 g/mol. The van der Waals surface area contributed by atoms with Gasteiger partial charge in [0.25, 0.3) is 0 Å². The molecule has 1 heterocycles. The van der Waals surface area contributed by atoms with Crippen molar-refractivity contribution in [1.29, 1.82) is 0 Å². The Bertz CT molecular complexity index is 1180. The van der Waals surface area contributed by atoms with Crippen LogP contribution >= 0.6 is 0 Å². The summed E-state index contributed by atoms with van der Waals surface area (Å²) in [6, 6.07) is 22.2. The number of methoxy groups -OCH3 is 2. The van der Waals surface area contributed by atoms with E-state index in [4.69, 9.17) is 18.9 Å². The van der Waals surface area contributed by atoms with Crippen LogP contribution in [0.15, 0.2) is 72.8 Å². The van der Waals surface area contributed by atoms with E-state index in [0.29, 0.717) is 37.8 Å². The van der Waals surface area contributed by atoms with Crippen LogP contribution in [-0.2, 0) is 4.79 Å². The molecule has 0 saturated carbocycles. The van der Waals surface area contributed by atoms with Crippen molar-refractivity contribution in [2.24, 2.45) is 0 Å². The lowest BCUT2D eigenvalue weighted by atomic mass is 9.96. The summed E-state index contributed by atoms with van der Waals surface area (Å²) in [6.45, 7) is 7.83. The zero-order valence-electron chi connectivity index (χ0n) is 23.3. The first kappa shape index (κ1) is 28.0. The number of carbonyl (C=O) groups excluding carboxylic acids is 1. The molecular formula is C32H38N2O5. The lowest BCUT2D eigenvalue weighted by molar-refractivity contribution is -0.127. The molecule has 0 spiro atoms. The minimum Gasteiger partial charge on any atom is -0.497 e. The van der Waals surface area contributed by atoms with Crippen molar-refractivity contribution in [2.45, 2.75) is 19.9 Å². The van der Waals surface area contributed by atoms with Crippen LogP contribution in [0.2, 0.25) is 0 Å². The van der Waals surface area contributed by atoms with Gasteiger partial charge in [-0.25, -0.2) is 0 Å². The van der Waals surface area contributed by atoms with Gasteiger partial charge in [0.15, 0.2) is 11.5 Å². The van der Waals surface area contributed by atoms with E-state index in [0.717, 1.165) is 30.2 Å². The van der Waals surface area contributed by atoms with E-state index in [9.17, 15) is 4.79 Å². The summed E-state index contributed by atoms with van der Waals surface area (Å²) in [4.78, 5) is 17.4. The van der Waals surface area contributed by atoms with Crippen LogP contribution in [0.3, 0.4) is 0 Å². The highest BCUT2D eigenvalue weighted by atomic mass is 16.5. The van der Waals surface area contributed by atoms with Crippen LogP contribution in [0.4, 0.5) is 0 Å². The Balaban J connectivity index is 1.45. The fourth-order valence-corrected chi connectivity index (χ4v) is 4.83. The number of hydrogen-bond acceptors (Lipinski definition) is 6. The molecule has 0 radical (unpaired) electrons. The predicted octanol–water partition coefficient (Wildman–Crippen LogP) is 5.45. The molecule has 0 unspecified atom stereocenters. The zero-order valence-corrected chi connectivity index (χ0v) is 23.3. The molecule has 3 aromatic rings. The van der Waals surface area contributed by atoms with Crippen molar-refractivity contribution in [3.63, 3.8) is 0 Å². The quantitative estimate of drug-likeness (QED) is 0.308. The smallest absolute Gasteiger partial charge is 0.246 e. The number of carbonyl (C=O) groups is 1. The molecule has 206 valence electrons. The van der Waals surface area contributed by atoms with Crippen molar-refractivity contribution in [2.75, 3.05) is 53.6 Å². The van der Waals surface area contributed by atoms with Gasteiger partial charge in [-0.1, -0.05) is 30.3 Å². The van der Waals surface area contributed by atoms with Crippen molar-refractivity contribution in [1.82, 2.24) is 9.80 Å². The zero-order chi connectivity index (χ0) is 27.6. The Morgan fingerprint density at radius 1 is 0.769 bits per heavy atom. The summed E-state index contributed by atoms with van der Waals surface area (Å²) in [5.41, 5.74) is 3.26. The van der Waals surface area contributed by atoms with Gasteiger partial charge in [-0.05, 0) is 73.0 Å². The van der Waals surface area contributed by atoms with E-state index in [1.54, 1.807) is 20.3 Å². The van der Waals surface area contributed by atoms with E-state index in [2.05, 4.69) is 29.2 Å². The largest absolute Gasteiger partial charge is 0.497 e. The van der Waals surface area contributed by atoms with Crippen molar-refractivity contribution >= 4 is 12.0 Å². The SMILES string of the molecule is CCOc1ccc(/C=C/C(=O)N2CCN(C(c3ccc(OC)cc3)c3ccc(OC)cc3)CC2)cc1OCC. The third kappa shape index (κ3) is 7.12. The molecule has 0 bridgehead atoms. The van der Waals surface area contributed by atoms with Crippen LogP contribution in [0.5, 0.6) is 23.0 Å². The Kier molecular flexibility index (Phi) is 9.86. The van der Waals surface area contributed by atoms with E-state index in [-0.39, 0.29) is 11.9 Å². The topological polar surface area (TPSA) is 60.5 Å². The number of nitrogens with zero attached hydrogens (tertiary/aromatic N) is 2. The summed E-state index contributed by atoms with van der Waals surface area (Å²) in [7, 11) is 3.35. The molecule has 3 aromatic carbocycles. The average molecular weight is 531 g/mol. The minimum absolute atomic E-state index is 0.00643. The molecule has 7 nitrogen and oxygen atoms in total. The van der Waals surface area contributed by atoms with E-state index in [1.807, 2.05) is 67.3 Å². The van der Waals surface area contributed by atoms with Gasteiger partial charge < -0.3 is 23.8 Å². The van der Waals surface area contributed by atoms with Gasteiger partial charge in [0.05, 0.1) is 33.5 Å². The summed E-state index contributed by atoms with van der Waals surface area (Å²) in [5, 5.41) is 0. The van der Waals surface area contributed by atoms with Gasteiger partial charge in [-0.3, -0.25) is 9.69 Å². The van der Waals surface area contributed by atoms with Crippen molar-refractivity contribution < 1.29 is 23.7 Å². The Hall–Kier alpha value is -3.97. The number of piperazine rings is 1. The number of ether oxygens (including phenoxy) is 4. The summed E-state index contributed by atoms with van der Waals surface area (Å²) < 4.78 is 22.1. The summed E-state index contributed by atoms with van der Waals surface area (Å²) >= 11 is 0. The van der Waals surface area contributed by atoms with Crippen LogP contribution < -0.4 is 18.9 Å². The second kappa shape index (κ2) is 13.7. The van der Waals surface area contributed by atoms with Gasteiger partial charge in [0, 0.05) is 32.3 Å². The van der Waals surface area contributed by atoms with Crippen LogP contribution in [0.25, 0.3) is 6.08 Å². The number of hydrogen-bond donors (Lipinski definition) is 0. The molecule has 0 aliphatic carbocycles. The highest BCUT2D eigenvalue weighted by molar-refractivity contribution is 5.92. The molecule has 39 heavy (non-hydrogen) atoms. The molecule has 0 aromatic heterocycles. The summed E-state index contributed by atoms with van der Waals surface area (Å²) in [5.74, 6) is 3.06. The van der Waals surface area contributed by atoms with Gasteiger partial charge in [0.1, 0.15) is 11.5 Å². The van der Waals surface area contributed by atoms with E-state index in [1.165, 1.54) is 11.1 Å². The standard InChI is InChI=1S/C32H38N2O5/c1-5-38-29-17-7-24(23-30(29)39-6-2)8-18-31(35)33-19-21-34(22-20-33)32(25-9-13-27(36-3)14-10-25)26-11-15-28(37-4)16-12-26/h7-18,23,32H,5-6,19-22H2,1-4H3/b18-8+. The number of benzene rings is 3. The Labute approximate surface area is 231 Å². The molecule has 1 amide bonds. The second-order valence-electron chi connectivity index (χ2n) is 9.22. The first-order valence-electron chi connectivity index (χ1n) is 13.4. The van der Waals surface area contributed by atoms with Gasteiger partial charge in [0.2, 0.25) is 5.91 Å².